The number of aromatic nitrogens is 7. The molecule has 2 heterocycles. The van der Waals surface area contributed by atoms with E-state index in [1.165, 1.54) is 0 Å². The molecule has 154 valence electrons. The van der Waals surface area contributed by atoms with Gasteiger partial charge in [-0.25, -0.2) is 4.68 Å². The predicted molar refractivity (Wildman–Crippen MR) is 116 cm³/mol. The Morgan fingerprint density at radius 2 is 1.73 bits per heavy atom. The van der Waals surface area contributed by atoms with E-state index < -0.39 is 0 Å². The van der Waals surface area contributed by atoms with Crippen LogP contribution in [0.5, 0.6) is 5.75 Å². The van der Waals surface area contributed by atoms with Gasteiger partial charge in [-0.2, -0.15) is 0 Å². The SMILES string of the molecule is CCCn1nnnc1CSc1nnc(-c2ccccc2)n1-c1ccc(OCC)cc1. The van der Waals surface area contributed by atoms with Gasteiger partial charge in [-0.15, -0.1) is 15.3 Å². The Morgan fingerprint density at radius 3 is 2.47 bits per heavy atom. The van der Waals surface area contributed by atoms with Gasteiger partial charge in [0.15, 0.2) is 16.8 Å². The van der Waals surface area contributed by atoms with Crippen LogP contribution in [-0.4, -0.2) is 41.6 Å². The summed E-state index contributed by atoms with van der Waals surface area (Å²) in [7, 11) is 0. The van der Waals surface area contributed by atoms with Crippen molar-refractivity contribution in [2.45, 2.75) is 37.7 Å². The van der Waals surface area contributed by atoms with Crippen LogP contribution < -0.4 is 4.74 Å². The molecule has 30 heavy (non-hydrogen) atoms. The van der Waals surface area contributed by atoms with Gasteiger partial charge in [-0.1, -0.05) is 49.0 Å². The van der Waals surface area contributed by atoms with E-state index in [9.17, 15) is 0 Å². The first kappa shape index (κ1) is 20.1. The second-order valence-corrected chi connectivity index (χ2v) is 7.48. The van der Waals surface area contributed by atoms with Crippen molar-refractivity contribution >= 4 is 11.8 Å². The lowest BCUT2D eigenvalue weighted by Crippen LogP contribution is -2.05. The fourth-order valence-electron chi connectivity index (χ4n) is 3.07. The Morgan fingerprint density at radius 1 is 0.933 bits per heavy atom. The molecule has 0 spiro atoms. The van der Waals surface area contributed by atoms with E-state index in [-0.39, 0.29) is 0 Å². The zero-order chi connectivity index (χ0) is 20.8. The Hall–Kier alpha value is -3.20. The van der Waals surface area contributed by atoms with Gasteiger partial charge in [0.05, 0.1) is 12.4 Å². The smallest absolute Gasteiger partial charge is 0.196 e. The number of tetrazole rings is 1. The first-order valence-corrected chi connectivity index (χ1v) is 10.9. The largest absolute Gasteiger partial charge is 0.494 e. The molecule has 0 aliphatic carbocycles. The lowest BCUT2D eigenvalue weighted by atomic mass is 10.2. The van der Waals surface area contributed by atoms with Crippen molar-refractivity contribution in [3.05, 3.63) is 60.4 Å². The molecule has 0 bridgehead atoms. The first-order chi connectivity index (χ1) is 14.8. The van der Waals surface area contributed by atoms with Crippen molar-refractivity contribution < 1.29 is 4.74 Å². The van der Waals surface area contributed by atoms with E-state index in [4.69, 9.17) is 4.74 Å². The normalized spacial score (nSPS) is 11.0. The highest BCUT2D eigenvalue weighted by Crippen LogP contribution is 2.30. The highest BCUT2D eigenvalue weighted by atomic mass is 32.2. The number of hydrogen-bond acceptors (Lipinski definition) is 7. The minimum Gasteiger partial charge on any atom is -0.494 e. The van der Waals surface area contributed by atoms with E-state index in [1.54, 1.807) is 11.8 Å². The molecule has 0 radical (unpaired) electrons. The summed E-state index contributed by atoms with van der Waals surface area (Å²) in [6.07, 6.45) is 0.975. The number of nitrogens with zero attached hydrogens (tertiary/aromatic N) is 7. The average Bonchev–Trinajstić information content (AvgIpc) is 3.41. The van der Waals surface area contributed by atoms with Crippen LogP contribution in [-0.2, 0) is 12.3 Å². The zero-order valence-electron chi connectivity index (χ0n) is 17.0. The summed E-state index contributed by atoms with van der Waals surface area (Å²) in [6, 6.07) is 18.0. The maximum Gasteiger partial charge on any atom is 0.196 e. The molecular weight excluding hydrogens is 398 g/mol. The number of ether oxygens (including phenoxy) is 1. The molecule has 0 amide bonds. The van der Waals surface area contributed by atoms with E-state index in [0.29, 0.717) is 12.4 Å². The highest BCUT2D eigenvalue weighted by molar-refractivity contribution is 7.98. The third-order valence-corrected chi connectivity index (χ3v) is 5.37. The van der Waals surface area contributed by atoms with Crippen LogP contribution in [0.3, 0.4) is 0 Å². The van der Waals surface area contributed by atoms with Crippen LogP contribution in [0.4, 0.5) is 0 Å². The molecule has 0 N–H and O–H groups in total. The van der Waals surface area contributed by atoms with Gasteiger partial charge < -0.3 is 4.74 Å². The number of rotatable bonds is 9. The third kappa shape index (κ3) is 4.35. The molecule has 9 heteroatoms. The molecule has 0 atom stereocenters. The van der Waals surface area contributed by atoms with Crippen molar-refractivity contribution in [1.29, 1.82) is 0 Å². The summed E-state index contributed by atoms with van der Waals surface area (Å²) in [4.78, 5) is 0. The van der Waals surface area contributed by atoms with Crippen LogP contribution in [0.1, 0.15) is 26.1 Å². The van der Waals surface area contributed by atoms with Crippen molar-refractivity contribution in [2.75, 3.05) is 6.61 Å². The summed E-state index contributed by atoms with van der Waals surface area (Å²) < 4.78 is 9.48. The minimum absolute atomic E-state index is 0.608. The lowest BCUT2D eigenvalue weighted by Gasteiger charge is -2.11. The van der Waals surface area contributed by atoms with E-state index in [2.05, 4.69) is 37.2 Å². The van der Waals surface area contributed by atoms with E-state index in [0.717, 1.165) is 46.8 Å². The molecule has 4 aromatic rings. The molecular formula is C21H23N7OS. The monoisotopic (exact) mass is 421 g/mol. The first-order valence-electron chi connectivity index (χ1n) is 9.92. The van der Waals surface area contributed by atoms with Crippen molar-refractivity contribution in [1.82, 2.24) is 35.0 Å². The summed E-state index contributed by atoms with van der Waals surface area (Å²) in [6.45, 7) is 5.51. The van der Waals surface area contributed by atoms with Gasteiger partial charge >= 0.3 is 0 Å². The molecule has 2 aromatic heterocycles. The van der Waals surface area contributed by atoms with Crippen LogP contribution in [0, 0.1) is 0 Å². The van der Waals surface area contributed by atoms with Crippen LogP contribution >= 0.6 is 11.8 Å². The minimum atomic E-state index is 0.608. The van der Waals surface area contributed by atoms with Crippen LogP contribution in [0.2, 0.25) is 0 Å². The van der Waals surface area contributed by atoms with Crippen LogP contribution in [0.15, 0.2) is 59.8 Å². The van der Waals surface area contributed by atoms with Crippen molar-refractivity contribution in [3.8, 4) is 22.8 Å². The predicted octanol–water partition coefficient (Wildman–Crippen LogP) is 4.02. The Labute approximate surface area is 179 Å². The maximum absolute atomic E-state index is 5.59. The van der Waals surface area contributed by atoms with Gasteiger partial charge in [0, 0.05) is 17.8 Å². The van der Waals surface area contributed by atoms with Gasteiger partial charge in [0.25, 0.3) is 0 Å². The molecule has 0 aliphatic heterocycles. The molecule has 0 aliphatic rings. The second-order valence-electron chi connectivity index (χ2n) is 6.54. The van der Waals surface area contributed by atoms with Gasteiger partial charge in [0.1, 0.15) is 5.75 Å². The van der Waals surface area contributed by atoms with Gasteiger partial charge in [-0.3, -0.25) is 4.57 Å². The second kappa shape index (κ2) is 9.53. The standard InChI is InChI=1S/C21H23N7OS/c1-3-14-27-19(22-25-26-27)15-30-21-24-23-20(16-8-6-5-7-9-16)28(21)17-10-12-18(13-11-17)29-4-2/h5-13H,3-4,14-15H2,1-2H3. The van der Waals surface area contributed by atoms with Crippen molar-refractivity contribution in [2.24, 2.45) is 0 Å². The maximum atomic E-state index is 5.59. The molecule has 0 fully saturated rings. The highest BCUT2D eigenvalue weighted by Gasteiger charge is 2.17. The quantitative estimate of drug-likeness (QED) is 0.377. The molecule has 0 unspecified atom stereocenters. The topological polar surface area (TPSA) is 83.5 Å². The van der Waals surface area contributed by atoms with Crippen LogP contribution in [0.25, 0.3) is 17.1 Å². The Balaban J connectivity index is 1.68. The number of thioether (sulfide) groups is 1. The Kier molecular flexibility index (Phi) is 6.38. The summed E-state index contributed by atoms with van der Waals surface area (Å²) in [5.74, 6) is 3.06. The van der Waals surface area contributed by atoms with Crippen molar-refractivity contribution in [3.63, 3.8) is 0 Å². The summed E-state index contributed by atoms with van der Waals surface area (Å²) in [5.41, 5.74) is 1.97. The fourth-order valence-corrected chi connectivity index (χ4v) is 3.95. The zero-order valence-corrected chi connectivity index (χ0v) is 17.8. The van der Waals surface area contributed by atoms with Gasteiger partial charge in [0.2, 0.25) is 0 Å². The van der Waals surface area contributed by atoms with Gasteiger partial charge in [-0.05, 0) is 48.0 Å². The number of benzene rings is 2. The lowest BCUT2D eigenvalue weighted by molar-refractivity contribution is 0.340. The van der Waals surface area contributed by atoms with E-state index >= 15 is 0 Å². The summed E-state index contributed by atoms with van der Waals surface area (Å²) in [5, 5.41) is 21.8. The fraction of sp³-hybridized carbons (Fsp3) is 0.286. The number of aryl methyl sites for hydroxylation is 1. The molecule has 8 nitrogen and oxygen atoms in total. The molecule has 4 rings (SSSR count). The molecule has 2 aromatic carbocycles. The number of hydrogen-bond donors (Lipinski definition) is 0. The Bertz CT molecular complexity index is 1080. The van der Waals surface area contributed by atoms with E-state index in [1.807, 2.05) is 66.2 Å². The third-order valence-electron chi connectivity index (χ3n) is 4.44. The molecule has 0 saturated carbocycles. The molecule has 0 saturated heterocycles. The summed E-state index contributed by atoms with van der Waals surface area (Å²) >= 11 is 1.56. The average molecular weight is 422 g/mol.